The van der Waals surface area contributed by atoms with Crippen LogP contribution in [0.15, 0.2) is 18.2 Å². The van der Waals surface area contributed by atoms with Crippen molar-refractivity contribution < 1.29 is 14.3 Å². The number of aryl methyl sites for hydroxylation is 1. The number of carbonyl (C=O) groups excluding carboxylic acids is 1. The number of benzene rings is 1. The van der Waals surface area contributed by atoms with Gasteiger partial charge in [0.15, 0.2) is 0 Å². The maximum Gasteiger partial charge on any atom is 0.256 e. The van der Waals surface area contributed by atoms with E-state index in [4.69, 9.17) is 9.47 Å². The Kier molecular flexibility index (Phi) is 5.23. The third-order valence-corrected chi connectivity index (χ3v) is 4.20. The average molecular weight is 291 g/mol. The highest BCUT2D eigenvalue weighted by Crippen LogP contribution is 2.32. The van der Waals surface area contributed by atoms with Gasteiger partial charge in [0.25, 0.3) is 5.91 Å². The van der Waals surface area contributed by atoms with Gasteiger partial charge in [0, 0.05) is 12.8 Å². The second-order valence-electron chi connectivity index (χ2n) is 5.63. The predicted octanol–water partition coefficient (Wildman–Crippen LogP) is 3.68. The number of anilines is 1. The van der Waals surface area contributed by atoms with Gasteiger partial charge in [0.05, 0.1) is 6.61 Å². The van der Waals surface area contributed by atoms with Crippen LogP contribution in [-0.4, -0.2) is 25.2 Å². The van der Waals surface area contributed by atoms with Gasteiger partial charge >= 0.3 is 0 Å². The largest absolute Gasteiger partial charge is 0.494 e. The maximum absolute atomic E-state index is 12.6. The number of hydrogen-bond acceptors (Lipinski definition) is 3. The molecule has 0 saturated heterocycles. The van der Waals surface area contributed by atoms with E-state index < -0.39 is 5.60 Å². The van der Waals surface area contributed by atoms with E-state index in [-0.39, 0.29) is 5.91 Å². The van der Waals surface area contributed by atoms with E-state index in [1.54, 1.807) is 7.11 Å². The van der Waals surface area contributed by atoms with Crippen molar-refractivity contribution in [1.29, 1.82) is 0 Å². The molecule has 1 fully saturated rings. The number of rotatable bonds is 5. The van der Waals surface area contributed by atoms with Crippen LogP contribution in [0, 0.1) is 6.92 Å². The SMILES string of the molecule is CCOc1ccc(NC(=O)C2(OC)CCCCC2)cc1C. The smallest absolute Gasteiger partial charge is 0.256 e. The van der Waals surface area contributed by atoms with Gasteiger partial charge in [0.2, 0.25) is 0 Å². The minimum atomic E-state index is -0.662. The first kappa shape index (κ1) is 15.8. The van der Waals surface area contributed by atoms with E-state index in [2.05, 4.69) is 5.32 Å². The summed E-state index contributed by atoms with van der Waals surface area (Å²) in [6.45, 7) is 4.58. The number of hydrogen-bond donors (Lipinski definition) is 1. The van der Waals surface area contributed by atoms with Gasteiger partial charge in [-0.2, -0.15) is 0 Å². The number of carbonyl (C=O) groups is 1. The molecule has 0 bridgehead atoms. The fourth-order valence-corrected chi connectivity index (χ4v) is 2.94. The molecule has 0 spiro atoms. The maximum atomic E-state index is 12.6. The molecule has 21 heavy (non-hydrogen) atoms. The topological polar surface area (TPSA) is 47.6 Å². The molecule has 1 amide bonds. The van der Waals surface area contributed by atoms with Gasteiger partial charge in [-0.15, -0.1) is 0 Å². The summed E-state index contributed by atoms with van der Waals surface area (Å²) in [4.78, 5) is 12.6. The molecular weight excluding hydrogens is 266 g/mol. The summed E-state index contributed by atoms with van der Waals surface area (Å²) < 4.78 is 11.1. The molecule has 1 aromatic carbocycles. The highest BCUT2D eigenvalue weighted by atomic mass is 16.5. The lowest BCUT2D eigenvalue weighted by atomic mass is 9.84. The zero-order valence-corrected chi connectivity index (χ0v) is 13.2. The van der Waals surface area contributed by atoms with Crippen molar-refractivity contribution in [3.63, 3.8) is 0 Å². The molecule has 1 aromatic rings. The summed E-state index contributed by atoms with van der Waals surface area (Å²) in [5.41, 5.74) is 1.15. The van der Waals surface area contributed by atoms with Gasteiger partial charge in [-0.3, -0.25) is 4.79 Å². The molecule has 0 aliphatic heterocycles. The minimum absolute atomic E-state index is 0.0340. The van der Waals surface area contributed by atoms with Crippen molar-refractivity contribution >= 4 is 11.6 Å². The molecule has 4 nitrogen and oxygen atoms in total. The van der Waals surface area contributed by atoms with Crippen LogP contribution in [0.3, 0.4) is 0 Å². The number of ether oxygens (including phenoxy) is 2. The average Bonchev–Trinajstić information content (AvgIpc) is 2.50. The summed E-state index contributed by atoms with van der Waals surface area (Å²) in [6.07, 6.45) is 4.87. The molecule has 1 aliphatic carbocycles. The fourth-order valence-electron chi connectivity index (χ4n) is 2.94. The van der Waals surface area contributed by atoms with E-state index in [0.717, 1.165) is 42.7 Å². The Bertz CT molecular complexity index is 493. The standard InChI is InChI=1S/C17H25NO3/c1-4-21-15-9-8-14(12-13(15)2)18-16(19)17(20-3)10-6-5-7-11-17/h8-9,12H,4-7,10-11H2,1-3H3,(H,18,19). The van der Waals surface area contributed by atoms with Crippen LogP contribution in [0.4, 0.5) is 5.69 Å². The summed E-state index contributed by atoms with van der Waals surface area (Å²) in [5.74, 6) is 0.822. The van der Waals surface area contributed by atoms with E-state index in [1.165, 1.54) is 6.42 Å². The molecule has 0 unspecified atom stereocenters. The van der Waals surface area contributed by atoms with E-state index in [0.29, 0.717) is 6.61 Å². The quantitative estimate of drug-likeness (QED) is 0.900. The molecule has 0 radical (unpaired) electrons. The zero-order chi connectivity index (χ0) is 15.3. The highest BCUT2D eigenvalue weighted by molar-refractivity contribution is 5.97. The molecule has 0 aromatic heterocycles. The Morgan fingerprint density at radius 3 is 2.57 bits per heavy atom. The van der Waals surface area contributed by atoms with Gasteiger partial charge in [-0.05, 0) is 50.5 Å². The molecule has 1 saturated carbocycles. The first-order valence-electron chi connectivity index (χ1n) is 7.71. The van der Waals surface area contributed by atoms with E-state index >= 15 is 0 Å². The number of nitrogens with one attached hydrogen (secondary N) is 1. The fraction of sp³-hybridized carbons (Fsp3) is 0.588. The molecule has 0 atom stereocenters. The Morgan fingerprint density at radius 2 is 2.00 bits per heavy atom. The molecule has 1 aliphatic rings. The monoisotopic (exact) mass is 291 g/mol. The van der Waals surface area contributed by atoms with Crippen LogP contribution in [0.2, 0.25) is 0 Å². The number of amides is 1. The lowest BCUT2D eigenvalue weighted by Crippen LogP contribution is -2.46. The van der Waals surface area contributed by atoms with E-state index in [9.17, 15) is 4.79 Å². The van der Waals surface area contributed by atoms with Gasteiger partial charge < -0.3 is 14.8 Å². The van der Waals surface area contributed by atoms with Gasteiger partial charge in [0.1, 0.15) is 11.4 Å². The number of methoxy groups -OCH3 is 1. The minimum Gasteiger partial charge on any atom is -0.494 e. The van der Waals surface area contributed by atoms with Crippen LogP contribution in [-0.2, 0) is 9.53 Å². The van der Waals surface area contributed by atoms with Crippen molar-refractivity contribution in [1.82, 2.24) is 0 Å². The Labute approximate surface area is 126 Å². The Hall–Kier alpha value is -1.55. The van der Waals surface area contributed by atoms with Crippen LogP contribution in [0.5, 0.6) is 5.75 Å². The molecule has 4 heteroatoms. The zero-order valence-electron chi connectivity index (χ0n) is 13.2. The van der Waals surface area contributed by atoms with Crippen LogP contribution >= 0.6 is 0 Å². The lowest BCUT2D eigenvalue weighted by molar-refractivity contribution is -0.141. The molecular formula is C17H25NO3. The summed E-state index contributed by atoms with van der Waals surface area (Å²) in [7, 11) is 1.63. The predicted molar refractivity (Wildman–Crippen MR) is 83.8 cm³/mol. The highest BCUT2D eigenvalue weighted by Gasteiger charge is 2.39. The van der Waals surface area contributed by atoms with Crippen molar-refractivity contribution in [2.75, 3.05) is 19.0 Å². The first-order valence-corrected chi connectivity index (χ1v) is 7.71. The molecule has 1 N–H and O–H groups in total. The third-order valence-electron chi connectivity index (χ3n) is 4.20. The van der Waals surface area contributed by atoms with Crippen LogP contribution in [0.25, 0.3) is 0 Å². The molecule has 0 heterocycles. The first-order chi connectivity index (χ1) is 10.1. The second-order valence-corrected chi connectivity index (χ2v) is 5.63. The van der Waals surface area contributed by atoms with Crippen molar-refractivity contribution in [2.45, 2.75) is 51.6 Å². The third kappa shape index (κ3) is 3.56. The Morgan fingerprint density at radius 1 is 1.29 bits per heavy atom. The lowest BCUT2D eigenvalue weighted by Gasteiger charge is -2.34. The van der Waals surface area contributed by atoms with E-state index in [1.807, 2.05) is 32.0 Å². The molecule has 2 rings (SSSR count). The second kappa shape index (κ2) is 6.94. The van der Waals surface area contributed by atoms with Crippen LogP contribution in [0.1, 0.15) is 44.6 Å². The molecule has 116 valence electrons. The van der Waals surface area contributed by atoms with Gasteiger partial charge in [-0.25, -0.2) is 0 Å². The summed E-state index contributed by atoms with van der Waals surface area (Å²) >= 11 is 0. The Balaban J connectivity index is 2.09. The van der Waals surface area contributed by atoms with Crippen molar-refractivity contribution in [2.24, 2.45) is 0 Å². The summed E-state index contributed by atoms with van der Waals surface area (Å²) in [6, 6.07) is 5.71. The van der Waals surface area contributed by atoms with Crippen molar-refractivity contribution in [3.8, 4) is 5.75 Å². The van der Waals surface area contributed by atoms with Crippen LogP contribution < -0.4 is 10.1 Å². The summed E-state index contributed by atoms with van der Waals surface area (Å²) in [5, 5.41) is 2.99. The van der Waals surface area contributed by atoms with Gasteiger partial charge in [-0.1, -0.05) is 19.3 Å². The van der Waals surface area contributed by atoms with Crippen molar-refractivity contribution in [3.05, 3.63) is 23.8 Å². The normalized spacial score (nSPS) is 17.3.